The number of aromatic hydroxyl groups is 1. The van der Waals surface area contributed by atoms with Crippen LogP contribution in [0.15, 0.2) is 10.9 Å². The van der Waals surface area contributed by atoms with Crippen molar-refractivity contribution in [1.29, 1.82) is 0 Å². The largest absolute Gasteiger partial charge is 0.492 e. The number of halogens is 2. The van der Waals surface area contributed by atoms with Crippen molar-refractivity contribution in [2.45, 2.75) is 52.1 Å². The van der Waals surface area contributed by atoms with E-state index < -0.39 is 41.0 Å². The standard InChI is InChI=1S/C23H27F2N5O4/c1-11(2)8-29-20-14(6-7-17(31)28-9-15-16(10-28)23(15,24)25)12(3)27-30(20)22(34)18(21(29)33)19(32)26-13-4-5-13/h6-7,11,13,15-16,34H,4-5,8-10H2,1-3H3,(H,26,32). The minimum Gasteiger partial charge on any atom is -0.492 e. The summed E-state index contributed by atoms with van der Waals surface area (Å²) in [5.41, 5.74) is 0.125. The van der Waals surface area contributed by atoms with E-state index in [1.54, 1.807) is 6.92 Å². The van der Waals surface area contributed by atoms with Crippen molar-refractivity contribution >= 4 is 23.5 Å². The molecule has 2 saturated carbocycles. The molecule has 9 nitrogen and oxygen atoms in total. The maximum atomic E-state index is 13.5. The average molecular weight is 475 g/mol. The van der Waals surface area contributed by atoms with Gasteiger partial charge >= 0.3 is 0 Å². The van der Waals surface area contributed by atoms with Crippen LogP contribution in [0.4, 0.5) is 8.78 Å². The predicted molar refractivity (Wildman–Crippen MR) is 119 cm³/mol. The first-order valence-corrected chi connectivity index (χ1v) is 11.5. The lowest BCUT2D eigenvalue weighted by Crippen LogP contribution is -2.36. The van der Waals surface area contributed by atoms with Crippen molar-refractivity contribution in [3.05, 3.63) is 33.3 Å². The molecule has 0 spiro atoms. The summed E-state index contributed by atoms with van der Waals surface area (Å²) in [5, 5.41) is 17.9. The molecule has 0 aromatic carbocycles. The fourth-order valence-electron chi connectivity index (χ4n) is 4.73. The van der Waals surface area contributed by atoms with Crippen LogP contribution in [0.25, 0.3) is 11.7 Å². The fourth-order valence-corrected chi connectivity index (χ4v) is 4.73. The minimum absolute atomic E-state index is 0.000911. The van der Waals surface area contributed by atoms with Gasteiger partial charge in [-0.25, -0.2) is 8.78 Å². The van der Waals surface area contributed by atoms with E-state index >= 15 is 0 Å². The summed E-state index contributed by atoms with van der Waals surface area (Å²) in [6, 6.07) is 0.000911. The van der Waals surface area contributed by atoms with E-state index in [0.29, 0.717) is 11.3 Å². The number of carbonyl (C=O) groups is 2. The van der Waals surface area contributed by atoms with E-state index in [0.717, 1.165) is 17.4 Å². The van der Waals surface area contributed by atoms with Crippen molar-refractivity contribution in [3.8, 4) is 5.88 Å². The zero-order chi connectivity index (χ0) is 24.5. The first-order chi connectivity index (χ1) is 16.0. The van der Waals surface area contributed by atoms with Gasteiger partial charge in [0.05, 0.1) is 17.5 Å². The van der Waals surface area contributed by atoms with Crippen LogP contribution in [0, 0.1) is 24.7 Å². The number of rotatable bonds is 6. The second-order valence-corrected chi connectivity index (χ2v) is 9.95. The first kappa shape index (κ1) is 22.5. The maximum Gasteiger partial charge on any atom is 0.270 e. The van der Waals surface area contributed by atoms with E-state index in [9.17, 15) is 28.3 Å². The Balaban J connectivity index is 1.53. The summed E-state index contributed by atoms with van der Waals surface area (Å²) in [7, 11) is 0. The molecule has 2 aliphatic carbocycles. The zero-order valence-electron chi connectivity index (χ0n) is 19.2. The van der Waals surface area contributed by atoms with Gasteiger partial charge in [0.2, 0.25) is 11.8 Å². The number of nitrogens with one attached hydrogen (secondary N) is 1. The van der Waals surface area contributed by atoms with Gasteiger partial charge in [0, 0.05) is 37.3 Å². The Kier molecular flexibility index (Phi) is 5.07. The molecular weight excluding hydrogens is 448 g/mol. The predicted octanol–water partition coefficient (Wildman–Crippen LogP) is 1.79. The molecular formula is C23H27F2N5O4. The van der Waals surface area contributed by atoms with E-state index in [-0.39, 0.29) is 42.8 Å². The van der Waals surface area contributed by atoms with Crippen molar-refractivity contribution < 1.29 is 23.5 Å². The maximum absolute atomic E-state index is 13.5. The highest BCUT2D eigenvalue weighted by atomic mass is 19.3. The Morgan fingerprint density at radius 2 is 1.91 bits per heavy atom. The van der Waals surface area contributed by atoms with Crippen LogP contribution in [-0.2, 0) is 11.3 Å². The lowest BCUT2D eigenvalue weighted by atomic mass is 10.1. The number of likely N-dealkylation sites (tertiary alicyclic amines) is 1. The van der Waals surface area contributed by atoms with Gasteiger partial charge in [-0.3, -0.25) is 19.0 Å². The third-order valence-electron chi connectivity index (χ3n) is 6.81. The number of carbonyl (C=O) groups excluding carboxylic acids is 2. The van der Waals surface area contributed by atoms with Gasteiger partial charge in [-0.1, -0.05) is 13.8 Å². The Labute approximate surface area is 194 Å². The molecule has 0 bridgehead atoms. The SMILES string of the molecule is Cc1nn2c(O)c(C(=O)NC3CC3)c(=O)n(CC(C)C)c2c1C=CC(=O)N1CC2C(C1)C2(F)F. The summed E-state index contributed by atoms with van der Waals surface area (Å²) in [6.45, 7) is 5.79. The highest BCUT2D eigenvalue weighted by molar-refractivity contribution is 5.97. The van der Waals surface area contributed by atoms with E-state index in [1.165, 1.54) is 21.6 Å². The smallest absolute Gasteiger partial charge is 0.270 e. The van der Waals surface area contributed by atoms with E-state index in [4.69, 9.17) is 0 Å². The highest BCUT2D eigenvalue weighted by Gasteiger charge is 2.72. The number of alkyl halides is 2. The Morgan fingerprint density at radius 3 is 2.50 bits per heavy atom. The van der Waals surface area contributed by atoms with Crippen LogP contribution >= 0.6 is 0 Å². The van der Waals surface area contributed by atoms with Gasteiger partial charge in [0.15, 0.2) is 5.56 Å². The second kappa shape index (κ2) is 7.64. The lowest BCUT2D eigenvalue weighted by molar-refractivity contribution is -0.126. The number of amides is 2. The van der Waals surface area contributed by atoms with Gasteiger partial charge in [-0.15, -0.1) is 0 Å². The van der Waals surface area contributed by atoms with E-state index in [2.05, 4.69) is 10.4 Å². The molecule has 3 heterocycles. The Morgan fingerprint density at radius 1 is 1.26 bits per heavy atom. The molecule has 2 aromatic rings. The van der Waals surface area contributed by atoms with Gasteiger partial charge in [0.1, 0.15) is 5.65 Å². The molecule has 11 heteroatoms. The van der Waals surface area contributed by atoms with Gasteiger partial charge in [-0.05, 0) is 31.8 Å². The van der Waals surface area contributed by atoms with Crippen LogP contribution < -0.4 is 10.9 Å². The molecule has 0 radical (unpaired) electrons. The van der Waals surface area contributed by atoms with Crippen LogP contribution in [0.1, 0.15) is 48.3 Å². The van der Waals surface area contributed by atoms with Crippen LogP contribution in [0.3, 0.4) is 0 Å². The molecule has 182 valence electrons. The summed E-state index contributed by atoms with van der Waals surface area (Å²) in [4.78, 5) is 40.0. The van der Waals surface area contributed by atoms with Gasteiger partial charge in [0.25, 0.3) is 17.4 Å². The number of hydrogen-bond acceptors (Lipinski definition) is 5. The molecule has 2 N–H and O–H groups in total. The molecule has 1 saturated heterocycles. The van der Waals surface area contributed by atoms with Crippen molar-refractivity contribution in [2.24, 2.45) is 17.8 Å². The molecule has 5 rings (SSSR count). The average Bonchev–Trinajstić information content (AvgIpc) is 3.51. The molecule has 1 aliphatic heterocycles. The van der Waals surface area contributed by atoms with Crippen molar-refractivity contribution in [1.82, 2.24) is 24.4 Å². The second-order valence-electron chi connectivity index (χ2n) is 9.95. The quantitative estimate of drug-likeness (QED) is 0.620. The Hall–Kier alpha value is -3.24. The monoisotopic (exact) mass is 475 g/mol. The molecule has 2 aromatic heterocycles. The summed E-state index contributed by atoms with van der Waals surface area (Å²) in [6.07, 6.45) is 4.42. The van der Waals surface area contributed by atoms with Crippen LogP contribution in [-0.4, -0.2) is 61.1 Å². The minimum atomic E-state index is -2.67. The topological polar surface area (TPSA) is 109 Å². The third kappa shape index (κ3) is 3.57. The van der Waals surface area contributed by atoms with Crippen LogP contribution in [0.2, 0.25) is 0 Å². The van der Waals surface area contributed by atoms with E-state index in [1.807, 2.05) is 13.8 Å². The number of nitrogens with zero attached hydrogens (tertiary/aromatic N) is 4. The first-order valence-electron chi connectivity index (χ1n) is 11.5. The van der Waals surface area contributed by atoms with Crippen molar-refractivity contribution in [2.75, 3.05) is 13.1 Å². The normalized spacial score (nSPS) is 23.2. The number of fused-ring (bicyclic) bond motifs is 2. The number of piperidine rings is 1. The van der Waals surface area contributed by atoms with Gasteiger partial charge < -0.3 is 15.3 Å². The summed E-state index contributed by atoms with van der Waals surface area (Å²) >= 11 is 0. The molecule has 2 amide bonds. The third-order valence-corrected chi connectivity index (χ3v) is 6.81. The number of aryl methyl sites for hydroxylation is 1. The number of hydrogen-bond donors (Lipinski definition) is 2. The summed E-state index contributed by atoms with van der Waals surface area (Å²) < 4.78 is 29.4. The molecule has 2 unspecified atom stereocenters. The molecule has 34 heavy (non-hydrogen) atoms. The highest BCUT2D eigenvalue weighted by Crippen LogP contribution is 2.59. The number of aromatic nitrogens is 3. The molecule has 3 aliphatic rings. The molecule has 3 fully saturated rings. The fraction of sp³-hybridized carbons (Fsp3) is 0.565. The van der Waals surface area contributed by atoms with Crippen molar-refractivity contribution in [3.63, 3.8) is 0 Å². The summed E-state index contributed by atoms with van der Waals surface area (Å²) in [5.74, 6) is -5.77. The molecule has 2 atom stereocenters. The van der Waals surface area contributed by atoms with Gasteiger partial charge in [-0.2, -0.15) is 9.61 Å². The van der Waals surface area contributed by atoms with Crippen LogP contribution in [0.5, 0.6) is 5.88 Å². The Bertz CT molecular complexity index is 1280. The zero-order valence-corrected chi connectivity index (χ0v) is 19.2. The lowest BCUT2D eigenvalue weighted by Gasteiger charge is -2.18.